The monoisotopic (exact) mass is 493 g/mol. The van der Waals surface area contributed by atoms with Crippen LogP contribution in [0.4, 0.5) is 15.0 Å². The molecule has 1 saturated carbocycles. The standard InChI is InChI=1S/C21H23N3O7S2/c1-3-30-20(26)15-16(21(27)31-4-2)19(23-17(25)12-7-5-6-8-12)33-18(15)22-11-13-9-10-14(32-13)24(28)29/h9-12H,3-8H2,1-2H3,(H,23,25). The number of nitrogens with zero attached hydrogens (tertiary/aromatic N) is 2. The molecule has 1 N–H and O–H groups in total. The number of amides is 1. The largest absolute Gasteiger partial charge is 0.462 e. The first-order chi connectivity index (χ1) is 15.8. The fraction of sp³-hybridized carbons (Fsp3) is 0.429. The van der Waals surface area contributed by atoms with Crippen LogP contribution in [0, 0.1) is 16.0 Å². The highest BCUT2D eigenvalue weighted by Gasteiger charge is 2.32. The molecule has 0 aliphatic heterocycles. The van der Waals surface area contributed by atoms with Gasteiger partial charge in [-0.15, -0.1) is 0 Å². The normalized spacial score (nSPS) is 13.9. The number of carbonyl (C=O) groups is 3. The number of hydrogen-bond donors (Lipinski definition) is 1. The van der Waals surface area contributed by atoms with E-state index in [2.05, 4.69) is 10.3 Å². The van der Waals surface area contributed by atoms with Crippen LogP contribution >= 0.6 is 22.7 Å². The minimum Gasteiger partial charge on any atom is -0.462 e. The van der Waals surface area contributed by atoms with Crippen molar-refractivity contribution in [1.29, 1.82) is 0 Å². The summed E-state index contributed by atoms with van der Waals surface area (Å²) in [6.45, 7) is 3.41. The number of anilines is 1. The molecule has 10 nitrogen and oxygen atoms in total. The van der Waals surface area contributed by atoms with Gasteiger partial charge in [0.05, 0.1) is 23.0 Å². The Morgan fingerprint density at radius 3 is 2.33 bits per heavy atom. The van der Waals surface area contributed by atoms with E-state index in [1.165, 1.54) is 18.3 Å². The van der Waals surface area contributed by atoms with Crippen LogP contribution < -0.4 is 5.32 Å². The predicted octanol–water partition coefficient (Wildman–Crippen LogP) is 4.95. The molecule has 1 amide bonds. The highest BCUT2D eigenvalue weighted by Crippen LogP contribution is 2.41. The number of aliphatic imine (C=N–C) groups is 1. The molecule has 0 radical (unpaired) electrons. The van der Waals surface area contributed by atoms with Gasteiger partial charge in [-0.25, -0.2) is 14.6 Å². The Morgan fingerprint density at radius 1 is 1.12 bits per heavy atom. The molecule has 12 heteroatoms. The summed E-state index contributed by atoms with van der Waals surface area (Å²) in [6, 6.07) is 2.88. The molecule has 0 spiro atoms. The summed E-state index contributed by atoms with van der Waals surface area (Å²) in [4.78, 5) is 53.5. The van der Waals surface area contributed by atoms with Gasteiger partial charge in [-0.1, -0.05) is 35.5 Å². The zero-order chi connectivity index (χ0) is 24.0. The lowest BCUT2D eigenvalue weighted by atomic mass is 10.1. The Morgan fingerprint density at radius 2 is 1.76 bits per heavy atom. The molecular weight excluding hydrogens is 470 g/mol. The molecule has 33 heavy (non-hydrogen) atoms. The second-order valence-corrected chi connectivity index (χ2v) is 9.18. The van der Waals surface area contributed by atoms with E-state index in [4.69, 9.17) is 9.47 Å². The number of ether oxygens (including phenoxy) is 2. The SMILES string of the molecule is CCOC(=O)c1c(N=Cc2ccc([N+](=O)[O-])s2)sc(NC(=O)C2CCCC2)c1C(=O)OCC. The first-order valence-corrected chi connectivity index (χ1v) is 12.1. The zero-order valence-electron chi connectivity index (χ0n) is 18.1. The van der Waals surface area contributed by atoms with Crippen molar-refractivity contribution in [2.24, 2.45) is 10.9 Å². The second-order valence-electron chi connectivity index (χ2n) is 7.09. The van der Waals surface area contributed by atoms with Crippen LogP contribution in [0.25, 0.3) is 0 Å². The molecule has 2 aromatic rings. The maximum absolute atomic E-state index is 12.8. The van der Waals surface area contributed by atoms with Crippen LogP contribution in [0.5, 0.6) is 0 Å². The molecule has 2 heterocycles. The second kappa shape index (κ2) is 11.1. The van der Waals surface area contributed by atoms with E-state index in [0.29, 0.717) is 4.88 Å². The van der Waals surface area contributed by atoms with Crippen LogP contribution in [0.3, 0.4) is 0 Å². The summed E-state index contributed by atoms with van der Waals surface area (Å²) >= 11 is 1.87. The molecule has 1 aliphatic carbocycles. The Balaban J connectivity index is 2.04. The van der Waals surface area contributed by atoms with E-state index in [1.807, 2.05) is 0 Å². The molecule has 0 saturated heterocycles. The molecular formula is C21H23N3O7S2. The van der Waals surface area contributed by atoms with E-state index in [-0.39, 0.29) is 51.2 Å². The molecule has 0 bridgehead atoms. The number of hydrogen-bond acceptors (Lipinski definition) is 10. The Kier molecular flexibility index (Phi) is 8.28. The minimum atomic E-state index is -0.775. The highest BCUT2D eigenvalue weighted by molar-refractivity contribution is 7.21. The topological polar surface area (TPSA) is 137 Å². The third kappa shape index (κ3) is 5.82. The van der Waals surface area contributed by atoms with Crippen LogP contribution in [0.2, 0.25) is 0 Å². The van der Waals surface area contributed by atoms with Gasteiger partial charge in [0, 0.05) is 18.2 Å². The zero-order valence-corrected chi connectivity index (χ0v) is 19.8. The lowest BCUT2D eigenvalue weighted by Crippen LogP contribution is -2.22. The van der Waals surface area contributed by atoms with Crippen molar-refractivity contribution in [2.45, 2.75) is 39.5 Å². The third-order valence-electron chi connectivity index (χ3n) is 4.91. The van der Waals surface area contributed by atoms with E-state index in [0.717, 1.165) is 48.4 Å². The van der Waals surface area contributed by atoms with Gasteiger partial charge in [0.15, 0.2) is 0 Å². The first kappa shape index (κ1) is 24.5. The summed E-state index contributed by atoms with van der Waals surface area (Å²) in [5.41, 5.74) is -0.208. The Bertz CT molecular complexity index is 1080. The van der Waals surface area contributed by atoms with E-state index >= 15 is 0 Å². The third-order valence-corrected chi connectivity index (χ3v) is 6.90. The van der Waals surface area contributed by atoms with Crippen molar-refractivity contribution in [1.82, 2.24) is 0 Å². The van der Waals surface area contributed by atoms with Gasteiger partial charge in [-0.2, -0.15) is 0 Å². The summed E-state index contributed by atoms with van der Waals surface area (Å²) in [6.07, 6.45) is 4.81. The lowest BCUT2D eigenvalue weighted by molar-refractivity contribution is -0.380. The summed E-state index contributed by atoms with van der Waals surface area (Å²) in [7, 11) is 0. The Labute approximate surface area is 197 Å². The quantitative estimate of drug-likeness (QED) is 0.226. The number of nitrogens with one attached hydrogen (secondary N) is 1. The maximum atomic E-state index is 12.8. The van der Waals surface area contributed by atoms with Gasteiger partial charge in [0.2, 0.25) is 5.91 Å². The van der Waals surface area contributed by atoms with E-state index in [9.17, 15) is 24.5 Å². The average Bonchev–Trinajstić information content (AvgIpc) is 3.52. The van der Waals surface area contributed by atoms with Gasteiger partial charge >= 0.3 is 16.9 Å². The van der Waals surface area contributed by atoms with Gasteiger partial charge in [-0.05, 0) is 32.8 Å². The van der Waals surface area contributed by atoms with Crippen molar-refractivity contribution >= 4 is 61.7 Å². The van der Waals surface area contributed by atoms with Crippen molar-refractivity contribution < 1.29 is 28.8 Å². The number of rotatable bonds is 9. The number of nitro groups is 1. The number of thiophene rings is 2. The van der Waals surface area contributed by atoms with Crippen molar-refractivity contribution in [3.05, 3.63) is 38.3 Å². The first-order valence-electron chi connectivity index (χ1n) is 10.5. The fourth-order valence-corrected chi connectivity index (χ4v) is 5.14. The van der Waals surface area contributed by atoms with Gasteiger partial charge in [-0.3, -0.25) is 14.9 Å². The van der Waals surface area contributed by atoms with Crippen LogP contribution in [-0.4, -0.2) is 42.2 Å². The maximum Gasteiger partial charge on any atom is 0.342 e. The molecule has 2 aromatic heterocycles. The minimum absolute atomic E-state index is 0.0509. The Hall–Kier alpha value is -3.12. The average molecular weight is 494 g/mol. The van der Waals surface area contributed by atoms with E-state index < -0.39 is 16.9 Å². The van der Waals surface area contributed by atoms with Crippen LogP contribution in [0.15, 0.2) is 17.1 Å². The molecule has 176 valence electrons. The van der Waals surface area contributed by atoms with Crippen LogP contribution in [0.1, 0.15) is 65.1 Å². The molecule has 1 fully saturated rings. The molecule has 1 aliphatic rings. The van der Waals surface area contributed by atoms with Gasteiger partial charge < -0.3 is 14.8 Å². The summed E-state index contributed by atoms with van der Waals surface area (Å²) in [5.74, 6) is -1.93. The van der Waals surface area contributed by atoms with Crippen molar-refractivity contribution in [3.63, 3.8) is 0 Å². The molecule has 0 unspecified atom stereocenters. The van der Waals surface area contributed by atoms with Gasteiger partial charge in [0.1, 0.15) is 21.1 Å². The van der Waals surface area contributed by atoms with Gasteiger partial charge in [0.25, 0.3) is 0 Å². The number of carbonyl (C=O) groups excluding carboxylic acids is 3. The summed E-state index contributed by atoms with van der Waals surface area (Å²) in [5, 5.41) is 13.9. The molecule has 0 atom stereocenters. The predicted molar refractivity (Wildman–Crippen MR) is 125 cm³/mol. The summed E-state index contributed by atoms with van der Waals surface area (Å²) < 4.78 is 10.3. The van der Waals surface area contributed by atoms with E-state index in [1.54, 1.807) is 13.8 Å². The number of esters is 2. The lowest BCUT2D eigenvalue weighted by Gasteiger charge is -2.11. The fourth-order valence-electron chi connectivity index (χ4n) is 3.42. The highest BCUT2D eigenvalue weighted by atomic mass is 32.1. The van der Waals surface area contributed by atoms with Crippen molar-refractivity contribution in [3.8, 4) is 0 Å². The smallest absolute Gasteiger partial charge is 0.342 e. The molecule has 3 rings (SSSR count). The molecule has 0 aromatic carbocycles. The van der Waals surface area contributed by atoms with Crippen LogP contribution in [-0.2, 0) is 14.3 Å². The van der Waals surface area contributed by atoms with Crippen molar-refractivity contribution in [2.75, 3.05) is 18.5 Å².